The van der Waals surface area contributed by atoms with Crippen LogP contribution in [0.15, 0.2) is 18.6 Å². The molecule has 116 valence electrons. The van der Waals surface area contributed by atoms with Gasteiger partial charge in [-0.1, -0.05) is 20.8 Å². The van der Waals surface area contributed by atoms with E-state index in [1.807, 2.05) is 0 Å². The average Bonchev–Trinajstić information content (AvgIpc) is 2.37. The quantitative estimate of drug-likeness (QED) is 0.638. The van der Waals surface area contributed by atoms with Crippen LogP contribution in [0.2, 0.25) is 0 Å². The zero-order chi connectivity index (χ0) is 16.0. The van der Waals surface area contributed by atoms with Crippen molar-refractivity contribution in [3.05, 3.63) is 18.6 Å². The molecule has 21 heavy (non-hydrogen) atoms. The van der Waals surface area contributed by atoms with Crippen molar-refractivity contribution in [2.75, 3.05) is 5.32 Å². The van der Waals surface area contributed by atoms with Gasteiger partial charge in [-0.25, -0.2) is 9.78 Å². The van der Waals surface area contributed by atoms with Crippen molar-refractivity contribution in [2.24, 2.45) is 5.41 Å². The molecule has 0 fully saturated rings. The lowest BCUT2D eigenvalue weighted by molar-refractivity contribution is -0.119. The first kappa shape index (κ1) is 16.8. The zero-order valence-electron chi connectivity index (χ0n) is 12.2. The number of hydrogen-bond donors (Lipinski definition) is 4. The zero-order valence-corrected chi connectivity index (χ0v) is 12.2. The molecular formula is C13H20N4O4. The van der Waals surface area contributed by atoms with Crippen molar-refractivity contribution < 1.29 is 19.8 Å². The van der Waals surface area contributed by atoms with Gasteiger partial charge in [0.15, 0.2) is 5.82 Å². The van der Waals surface area contributed by atoms with E-state index < -0.39 is 29.6 Å². The Morgan fingerprint density at radius 2 is 2.00 bits per heavy atom. The van der Waals surface area contributed by atoms with E-state index in [2.05, 4.69) is 20.6 Å². The second-order valence-corrected chi connectivity index (χ2v) is 5.70. The van der Waals surface area contributed by atoms with Crippen LogP contribution in [0.1, 0.15) is 27.2 Å². The molecule has 0 aliphatic carbocycles. The molecule has 8 heteroatoms. The Kier molecular flexibility index (Phi) is 5.60. The summed E-state index contributed by atoms with van der Waals surface area (Å²) in [6, 6.07) is -1.08. The number of anilines is 1. The van der Waals surface area contributed by atoms with Crippen LogP contribution in [0.3, 0.4) is 0 Å². The molecule has 1 aromatic heterocycles. The fourth-order valence-corrected chi connectivity index (χ4v) is 1.53. The van der Waals surface area contributed by atoms with Crippen LogP contribution in [0.5, 0.6) is 0 Å². The van der Waals surface area contributed by atoms with Crippen molar-refractivity contribution in [3.63, 3.8) is 0 Å². The summed E-state index contributed by atoms with van der Waals surface area (Å²) in [6.07, 6.45) is 1.97. The van der Waals surface area contributed by atoms with Crippen LogP contribution in [0.4, 0.5) is 10.6 Å². The van der Waals surface area contributed by atoms with Crippen molar-refractivity contribution in [3.8, 4) is 0 Å². The molecule has 0 radical (unpaired) electrons. The molecule has 1 aromatic rings. The largest absolute Gasteiger partial charge is 0.465 e. The summed E-state index contributed by atoms with van der Waals surface area (Å²) in [4.78, 5) is 30.6. The van der Waals surface area contributed by atoms with Crippen LogP contribution in [0, 0.1) is 5.41 Å². The molecule has 1 heterocycles. The van der Waals surface area contributed by atoms with Gasteiger partial charge in [0, 0.05) is 18.8 Å². The molecule has 0 aliphatic heterocycles. The van der Waals surface area contributed by atoms with E-state index in [1.165, 1.54) is 18.6 Å². The summed E-state index contributed by atoms with van der Waals surface area (Å²) in [6.45, 7) is 5.40. The van der Waals surface area contributed by atoms with Crippen molar-refractivity contribution in [1.82, 2.24) is 15.3 Å². The molecule has 1 unspecified atom stereocenters. The number of aliphatic hydroxyl groups excluding tert-OH is 1. The van der Waals surface area contributed by atoms with Crippen LogP contribution < -0.4 is 10.6 Å². The van der Waals surface area contributed by atoms with Gasteiger partial charge in [-0.15, -0.1) is 0 Å². The number of amides is 2. The average molecular weight is 296 g/mol. The third-order valence-electron chi connectivity index (χ3n) is 2.89. The van der Waals surface area contributed by atoms with E-state index >= 15 is 0 Å². The van der Waals surface area contributed by atoms with Crippen molar-refractivity contribution >= 4 is 17.8 Å². The predicted molar refractivity (Wildman–Crippen MR) is 75.7 cm³/mol. The van der Waals surface area contributed by atoms with Gasteiger partial charge in [-0.3, -0.25) is 9.78 Å². The van der Waals surface area contributed by atoms with E-state index in [0.29, 0.717) is 0 Å². The van der Waals surface area contributed by atoms with Gasteiger partial charge < -0.3 is 20.8 Å². The molecule has 0 saturated carbocycles. The van der Waals surface area contributed by atoms with Crippen molar-refractivity contribution in [2.45, 2.75) is 39.3 Å². The smallest absolute Gasteiger partial charge is 0.405 e. The first-order valence-corrected chi connectivity index (χ1v) is 6.44. The lowest BCUT2D eigenvalue weighted by Gasteiger charge is -2.28. The third kappa shape index (κ3) is 5.74. The number of hydrogen-bond acceptors (Lipinski definition) is 5. The summed E-state index contributed by atoms with van der Waals surface area (Å²) in [7, 11) is 0. The number of carbonyl (C=O) groups excluding carboxylic acids is 1. The number of carbonyl (C=O) groups is 2. The third-order valence-corrected chi connectivity index (χ3v) is 2.89. The minimum atomic E-state index is -1.34. The summed E-state index contributed by atoms with van der Waals surface area (Å²) < 4.78 is 0. The molecule has 8 nitrogen and oxygen atoms in total. The number of nitrogens with one attached hydrogen (secondary N) is 2. The molecule has 0 saturated heterocycles. The Morgan fingerprint density at radius 1 is 1.33 bits per heavy atom. The number of nitrogens with zero attached hydrogens (tertiary/aromatic N) is 2. The Balaban J connectivity index is 2.77. The fourth-order valence-electron chi connectivity index (χ4n) is 1.53. The first-order valence-electron chi connectivity index (χ1n) is 6.44. The lowest BCUT2D eigenvalue weighted by Crippen LogP contribution is -2.47. The monoisotopic (exact) mass is 296 g/mol. The molecule has 4 N–H and O–H groups in total. The highest BCUT2D eigenvalue weighted by Gasteiger charge is 2.30. The second-order valence-electron chi connectivity index (χ2n) is 5.70. The highest BCUT2D eigenvalue weighted by Crippen LogP contribution is 2.23. The van der Waals surface area contributed by atoms with E-state index in [0.717, 1.165) is 0 Å². The molecule has 2 amide bonds. The molecule has 0 spiro atoms. The minimum absolute atomic E-state index is 0.0398. The minimum Gasteiger partial charge on any atom is -0.465 e. The van der Waals surface area contributed by atoms with Crippen LogP contribution >= 0.6 is 0 Å². The van der Waals surface area contributed by atoms with Gasteiger partial charge >= 0.3 is 6.09 Å². The molecule has 0 aliphatic rings. The Hall–Kier alpha value is -2.22. The Labute approximate surface area is 122 Å². The van der Waals surface area contributed by atoms with Gasteiger partial charge in [-0.2, -0.15) is 0 Å². The lowest BCUT2D eigenvalue weighted by atomic mass is 9.85. The van der Waals surface area contributed by atoms with Gasteiger partial charge in [0.2, 0.25) is 5.91 Å². The normalized spacial score (nSPS) is 14.1. The highest BCUT2D eigenvalue weighted by atomic mass is 16.4. The first-order chi connectivity index (χ1) is 9.70. The molecule has 0 bridgehead atoms. The summed E-state index contributed by atoms with van der Waals surface area (Å²) in [5.74, 6) is -0.383. The van der Waals surface area contributed by atoms with Crippen LogP contribution in [-0.4, -0.2) is 44.3 Å². The maximum atomic E-state index is 12.1. The van der Waals surface area contributed by atoms with E-state index in [4.69, 9.17) is 5.11 Å². The molecule has 1 rings (SSSR count). The number of rotatable bonds is 5. The number of aromatic nitrogens is 2. The summed E-state index contributed by atoms with van der Waals surface area (Å²) in [5.41, 5.74) is -0.467. The highest BCUT2D eigenvalue weighted by molar-refractivity contribution is 5.95. The Bertz CT molecular complexity index is 487. The van der Waals surface area contributed by atoms with Crippen molar-refractivity contribution in [1.29, 1.82) is 0 Å². The van der Waals surface area contributed by atoms with Crippen LogP contribution in [-0.2, 0) is 4.79 Å². The summed E-state index contributed by atoms with van der Waals surface area (Å²) >= 11 is 0. The van der Waals surface area contributed by atoms with E-state index in [9.17, 15) is 14.7 Å². The standard InChI is InChI=1S/C13H20N4O4/c1-13(2,3)9(18)6-8(16-12(20)21)11(19)17-10-7-14-4-5-15-10/h4-5,7-9,16,18H,6H2,1-3H3,(H,20,21)(H,15,17,19)/t8-,9?/m0/s1. The topological polar surface area (TPSA) is 124 Å². The molecule has 0 aromatic carbocycles. The maximum absolute atomic E-state index is 12.1. The second kappa shape index (κ2) is 6.98. The van der Waals surface area contributed by atoms with Gasteiger partial charge in [0.05, 0.1) is 12.3 Å². The maximum Gasteiger partial charge on any atom is 0.405 e. The molecule has 2 atom stereocenters. The van der Waals surface area contributed by atoms with Gasteiger partial charge in [-0.05, 0) is 5.41 Å². The van der Waals surface area contributed by atoms with E-state index in [1.54, 1.807) is 20.8 Å². The van der Waals surface area contributed by atoms with Gasteiger partial charge in [0.25, 0.3) is 0 Å². The fraction of sp³-hybridized carbons (Fsp3) is 0.538. The van der Waals surface area contributed by atoms with E-state index in [-0.39, 0.29) is 12.2 Å². The van der Waals surface area contributed by atoms with Crippen LogP contribution in [0.25, 0.3) is 0 Å². The van der Waals surface area contributed by atoms with Gasteiger partial charge in [0.1, 0.15) is 6.04 Å². The summed E-state index contributed by atoms with van der Waals surface area (Å²) in [5, 5.41) is 23.4. The number of carboxylic acid groups (broad SMARTS) is 1. The predicted octanol–water partition coefficient (Wildman–Crippen LogP) is 0.848. The Morgan fingerprint density at radius 3 is 2.48 bits per heavy atom. The SMILES string of the molecule is CC(C)(C)C(O)C[C@H](NC(=O)O)C(=O)Nc1cnccn1. The molecular weight excluding hydrogens is 276 g/mol. The number of aliphatic hydroxyl groups is 1.